The van der Waals surface area contributed by atoms with Crippen molar-refractivity contribution in [2.24, 2.45) is 0 Å². The Hall–Kier alpha value is -4.09. The average Bonchev–Trinajstić information content (AvgIpc) is 3.52. The molecule has 3 aromatic rings. The number of anilines is 2. The first-order valence-electron chi connectivity index (χ1n) is 11.9. The quantitative estimate of drug-likeness (QED) is 0.467. The predicted molar refractivity (Wildman–Crippen MR) is 134 cm³/mol. The summed E-state index contributed by atoms with van der Waals surface area (Å²) < 4.78 is 50.6. The molecule has 0 radical (unpaired) electrons. The number of ether oxygens (including phenoxy) is 1. The minimum absolute atomic E-state index is 0.0876. The lowest BCUT2D eigenvalue weighted by Gasteiger charge is -2.38. The van der Waals surface area contributed by atoms with Crippen LogP contribution in [0.1, 0.15) is 43.4 Å². The van der Waals surface area contributed by atoms with Crippen LogP contribution >= 0.6 is 0 Å². The van der Waals surface area contributed by atoms with Crippen molar-refractivity contribution >= 4 is 23.5 Å². The molecule has 0 saturated carbocycles. The molecular formula is C26H28F3N5O4. The fourth-order valence-electron chi connectivity index (χ4n) is 4.44. The zero-order valence-electron chi connectivity index (χ0n) is 21.4. The van der Waals surface area contributed by atoms with Crippen LogP contribution in [0.5, 0.6) is 0 Å². The monoisotopic (exact) mass is 531 g/mol. The molecule has 2 aromatic heterocycles. The Labute approximate surface area is 217 Å². The molecule has 12 heteroatoms. The number of hydrogen-bond acceptors (Lipinski definition) is 7. The number of oxazole rings is 1. The smallest absolute Gasteiger partial charge is 0.452 e. The van der Waals surface area contributed by atoms with Crippen molar-refractivity contribution in [3.8, 4) is 11.5 Å². The lowest BCUT2D eigenvalue weighted by molar-refractivity contribution is -0.153. The van der Waals surface area contributed by atoms with Crippen LogP contribution in [-0.2, 0) is 10.9 Å². The van der Waals surface area contributed by atoms with Crippen LogP contribution in [0.25, 0.3) is 11.5 Å². The molecule has 1 atom stereocenters. The van der Waals surface area contributed by atoms with Gasteiger partial charge in [-0.05, 0) is 51.5 Å². The van der Waals surface area contributed by atoms with Crippen LogP contribution in [0.15, 0.2) is 53.1 Å². The van der Waals surface area contributed by atoms with E-state index in [4.69, 9.17) is 9.15 Å². The highest BCUT2D eigenvalue weighted by Gasteiger charge is 2.42. The van der Waals surface area contributed by atoms with Crippen molar-refractivity contribution in [3.05, 3.63) is 60.1 Å². The third kappa shape index (κ3) is 5.74. The zero-order valence-corrected chi connectivity index (χ0v) is 21.4. The van der Waals surface area contributed by atoms with Gasteiger partial charge in [-0.15, -0.1) is 0 Å². The predicted octanol–water partition coefficient (Wildman–Crippen LogP) is 5.45. The summed E-state index contributed by atoms with van der Waals surface area (Å²) in [7, 11) is 1.35. The van der Waals surface area contributed by atoms with E-state index in [0.29, 0.717) is 30.9 Å². The number of carbonyl (C=O) groups is 2. The molecule has 1 N–H and O–H groups in total. The Morgan fingerprint density at radius 2 is 1.84 bits per heavy atom. The van der Waals surface area contributed by atoms with Gasteiger partial charge < -0.3 is 19.4 Å². The summed E-state index contributed by atoms with van der Waals surface area (Å²) >= 11 is 0. The number of benzene rings is 1. The van der Waals surface area contributed by atoms with Gasteiger partial charge in [-0.2, -0.15) is 13.2 Å². The van der Waals surface area contributed by atoms with Crippen LogP contribution in [0.2, 0.25) is 0 Å². The van der Waals surface area contributed by atoms with Crippen LogP contribution in [0.3, 0.4) is 0 Å². The van der Waals surface area contributed by atoms with E-state index < -0.39 is 35.2 Å². The normalized spacial score (nSPS) is 15.9. The highest BCUT2D eigenvalue weighted by Crippen LogP contribution is 2.35. The van der Waals surface area contributed by atoms with Crippen molar-refractivity contribution in [2.45, 2.75) is 44.9 Å². The van der Waals surface area contributed by atoms with E-state index in [1.165, 1.54) is 25.4 Å². The van der Waals surface area contributed by atoms with E-state index in [2.05, 4.69) is 15.3 Å². The zero-order chi connectivity index (χ0) is 27.7. The number of nitrogens with one attached hydrogen (secondary N) is 1. The molecule has 1 aromatic carbocycles. The second kappa shape index (κ2) is 10.3. The van der Waals surface area contributed by atoms with Crippen molar-refractivity contribution < 1.29 is 31.9 Å². The van der Waals surface area contributed by atoms with Gasteiger partial charge in [0.15, 0.2) is 5.69 Å². The van der Waals surface area contributed by atoms with E-state index in [0.717, 1.165) is 0 Å². The number of pyridine rings is 1. The maximum atomic E-state index is 13.6. The summed E-state index contributed by atoms with van der Waals surface area (Å²) in [6, 6.07) is 11.1. The Kier molecular flexibility index (Phi) is 7.34. The Morgan fingerprint density at radius 1 is 1.13 bits per heavy atom. The number of methoxy groups -OCH3 is 1. The van der Waals surface area contributed by atoms with E-state index in [9.17, 15) is 22.8 Å². The highest BCUT2D eigenvalue weighted by atomic mass is 19.4. The fraction of sp³-hybridized carbons (Fsp3) is 0.385. The molecule has 9 nitrogen and oxygen atoms in total. The molecule has 202 valence electrons. The molecule has 4 rings (SSSR count). The molecule has 1 aliphatic rings. The van der Waals surface area contributed by atoms with Gasteiger partial charge in [0, 0.05) is 24.2 Å². The summed E-state index contributed by atoms with van der Waals surface area (Å²) in [5, 5.41) is 2.41. The number of rotatable bonds is 5. The summed E-state index contributed by atoms with van der Waals surface area (Å²) in [6.45, 7) is 6.98. The molecular weight excluding hydrogens is 503 g/mol. The third-order valence-corrected chi connectivity index (χ3v) is 6.07. The first-order chi connectivity index (χ1) is 17.9. The topological polar surface area (TPSA) is 101 Å². The van der Waals surface area contributed by atoms with Crippen molar-refractivity contribution in [3.63, 3.8) is 0 Å². The van der Waals surface area contributed by atoms with Crippen molar-refractivity contribution in [1.82, 2.24) is 14.9 Å². The molecule has 3 heterocycles. The van der Waals surface area contributed by atoms with Crippen molar-refractivity contribution in [1.29, 1.82) is 0 Å². The SMILES string of the molecule is COC(=O)N(C1CCN(c2ccc(NC(=O)c3nc(-c4ccccc4)oc3C(F)(F)F)cn2)C1)C(C)(C)C. The van der Waals surface area contributed by atoms with Gasteiger partial charge in [0.1, 0.15) is 5.82 Å². The van der Waals surface area contributed by atoms with Gasteiger partial charge in [-0.1, -0.05) is 18.2 Å². The molecule has 1 aliphatic heterocycles. The number of alkyl halides is 3. The van der Waals surface area contributed by atoms with Gasteiger partial charge >= 0.3 is 12.3 Å². The van der Waals surface area contributed by atoms with Gasteiger partial charge in [0.05, 0.1) is 25.0 Å². The van der Waals surface area contributed by atoms with E-state index >= 15 is 0 Å². The number of aromatic nitrogens is 2. The van der Waals surface area contributed by atoms with E-state index in [1.807, 2.05) is 25.7 Å². The minimum Gasteiger partial charge on any atom is -0.453 e. The molecule has 0 bridgehead atoms. The molecule has 0 spiro atoms. The summed E-state index contributed by atoms with van der Waals surface area (Å²) in [5.74, 6) is -2.25. The fourth-order valence-corrected chi connectivity index (χ4v) is 4.44. The van der Waals surface area contributed by atoms with E-state index in [-0.39, 0.29) is 17.6 Å². The minimum atomic E-state index is -4.91. The lowest BCUT2D eigenvalue weighted by Crippen LogP contribution is -2.52. The largest absolute Gasteiger partial charge is 0.453 e. The maximum absolute atomic E-state index is 13.6. The molecule has 1 fully saturated rings. The van der Waals surface area contributed by atoms with Crippen LogP contribution < -0.4 is 10.2 Å². The van der Waals surface area contributed by atoms with Crippen LogP contribution in [0, 0.1) is 0 Å². The van der Waals surface area contributed by atoms with Gasteiger partial charge in [0.25, 0.3) is 5.91 Å². The van der Waals surface area contributed by atoms with Gasteiger partial charge in [0.2, 0.25) is 11.7 Å². The standard InChI is InChI=1S/C26H28F3N5O4/c1-25(2,3)34(24(36)37-4)18-12-13-33(15-18)19-11-10-17(14-30-19)31-22(35)20-21(26(27,28)29)38-23(32-20)16-8-6-5-7-9-16/h5-11,14,18H,12-13,15H2,1-4H3,(H,31,35). The molecule has 0 aliphatic carbocycles. The first kappa shape index (κ1) is 27.0. The third-order valence-electron chi connectivity index (χ3n) is 6.07. The first-order valence-corrected chi connectivity index (χ1v) is 11.9. The molecule has 1 saturated heterocycles. The Bertz CT molecular complexity index is 1290. The van der Waals surface area contributed by atoms with E-state index in [1.54, 1.807) is 35.2 Å². The van der Waals surface area contributed by atoms with Crippen LogP contribution in [0.4, 0.5) is 29.5 Å². The maximum Gasteiger partial charge on any atom is 0.452 e. The Balaban J connectivity index is 1.48. The number of halogens is 3. The number of amides is 2. The van der Waals surface area contributed by atoms with Gasteiger partial charge in [-0.25, -0.2) is 14.8 Å². The highest BCUT2D eigenvalue weighted by molar-refractivity contribution is 6.04. The van der Waals surface area contributed by atoms with Gasteiger partial charge in [-0.3, -0.25) is 9.69 Å². The summed E-state index contributed by atoms with van der Waals surface area (Å²) in [4.78, 5) is 37.0. The Morgan fingerprint density at radius 3 is 2.42 bits per heavy atom. The lowest BCUT2D eigenvalue weighted by atomic mass is 10.0. The average molecular weight is 532 g/mol. The number of nitrogens with zero attached hydrogens (tertiary/aromatic N) is 4. The van der Waals surface area contributed by atoms with Crippen molar-refractivity contribution in [2.75, 3.05) is 30.4 Å². The summed E-state index contributed by atoms with van der Waals surface area (Å²) in [5.41, 5.74) is -0.804. The molecule has 2 amide bonds. The number of carbonyl (C=O) groups excluding carboxylic acids is 2. The summed E-state index contributed by atoms with van der Waals surface area (Å²) in [6.07, 6.45) is -3.25. The second-order valence-corrected chi connectivity index (χ2v) is 9.82. The second-order valence-electron chi connectivity index (χ2n) is 9.82. The number of hydrogen-bond donors (Lipinski definition) is 1. The van der Waals surface area contributed by atoms with Crippen LogP contribution in [-0.4, -0.2) is 58.6 Å². The molecule has 38 heavy (non-hydrogen) atoms. The molecule has 1 unspecified atom stereocenters.